The highest BCUT2D eigenvalue weighted by Gasteiger charge is 2.08. The topological polar surface area (TPSA) is 17.6 Å². The van der Waals surface area contributed by atoms with Crippen molar-refractivity contribution >= 4 is 0 Å². The van der Waals surface area contributed by atoms with Crippen LogP contribution in [-0.2, 0) is 13.1 Å². The van der Waals surface area contributed by atoms with Crippen molar-refractivity contribution in [2.24, 2.45) is 0 Å². The minimum absolute atomic E-state index is 0.433. The van der Waals surface area contributed by atoms with Crippen LogP contribution in [0, 0.1) is 12.7 Å². The number of benzene rings is 1. The zero-order valence-corrected chi connectivity index (χ0v) is 15.0. The van der Waals surface area contributed by atoms with E-state index in [-0.39, 0.29) is 0 Å². The molecule has 1 aromatic carbocycles. The predicted molar refractivity (Wildman–Crippen MR) is 92.3 cm³/mol. The molecule has 0 aliphatic heterocycles. The first kappa shape index (κ1) is 16.5. The summed E-state index contributed by atoms with van der Waals surface area (Å²) >= 11 is 0. The molecule has 2 heterocycles. The highest BCUT2D eigenvalue weighted by molar-refractivity contribution is 5.27. The van der Waals surface area contributed by atoms with E-state index in [1.165, 1.54) is 11.1 Å². The van der Waals surface area contributed by atoms with E-state index in [1.54, 1.807) is 0 Å². The van der Waals surface area contributed by atoms with Gasteiger partial charge in [0.15, 0.2) is 0 Å². The van der Waals surface area contributed by atoms with Gasteiger partial charge in [0.25, 0.3) is 0 Å². The maximum Gasteiger partial charge on any atom is 0.204 e. The molecular formula is C20H26N4. The van der Waals surface area contributed by atoms with Gasteiger partial charge in [0.1, 0.15) is 0 Å². The Balaban J connectivity index is 1.79. The number of rotatable bonds is 6. The third-order valence-electron chi connectivity index (χ3n) is 4.21. The molecule has 0 saturated carbocycles. The lowest BCUT2D eigenvalue weighted by Crippen LogP contribution is -2.34. The highest BCUT2D eigenvalue weighted by atomic mass is 15.1. The van der Waals surface area contributed by atoms with Gasteiger partial charge in [0.05, 0.1) is 25.2 Å². The molecule has 4 nitrogen and oxygen atoms in total. The quantitative estimate of drug-likeness (QED) is 0.491. The average molecular weight is 322 g/mol. The summed E-state index contributed by atoms with van der Waals surface area (Å²) in [6.07, 6.45) is 15.1. The van der Waals surface area contributed by atoms with Gasteiger partial charge in [-0.25, -0.2) is 0 Å². The molecule has 0 aliphatic carbocycles. The van der Waals surface area contributed by atoms with E-state index in [0.717, 1.165) is 13.1 Å². The summed E-state index contributed by atoms with van der Waals surface area (Å²) in [6, 6.07) is 9.47. The lowest BCUT2D eigenvalue weighted by atomic mass is 10.1. The molecule has 0 aliphatic rings. The summed E-state index contributed by atoms with van der Waals surface area (Å²) in [7, 11) is 0. The maximum absolute atomic E-state index is 3.39. The van der Waals surface area contributed by atoms with Gasteiger partial charge < -0.3 is 18.3 Å². The zero-order chi connectivity index (χ0) is 17.1. The fraction of sp³-hybridized carbons (Fsp3) is 0.400. The fourth-order valence-electron chi connectivity index (χ4n) is 2.72. The summed E-state index contributed by atoms with van der Waals surface area (Å²) < 4.78 is 8.45. The number of aromatic nitrogens is 4. The molecule has 0 bridgehead atoms. The summed E-state index contributed by atoms with van der Waals surface area (Å²) in [5.41, 5.74) is 2.64. The summed E-state index contributed by atoms with van der Waals surface area (Å²) in [5.74, 6) is 0. The van der Waals surface area contributed by atoms with Crippen LogP contribution < -0.4 is 9.13 Å². The molecule has 0 fully saturated rings. The van der Waals surface area contributed by atoms with E-state index in [2.05, 4.69) is 108 Å². The van der Waals surface area contributed by atoms with Crippen molar-refractivity contribution in [2.45, 2.75) is 52.9 Å². The van der Waals surface area contributed by atoms with Gasteiger partial charge in [0.2, 0.25) is 12.7 Å². The van der Waals surface area contributed by atoms with Gasteiger partial charge >= 0.3 is 0 Å². The summed E-state index contributed by atoms with van der Waals surface area (Å²) in [5, 5.41) is 0. The third-order valence-corrected chi connectivity index (χ3v) is 4.21. The molecule has 3 aromatic rings. The van der Waals surface area contributed by atoms with Crippen LogP contribution in [-0.4, -0.2) is 9.13 Å². The van der Waals surface area contributed by atoms with E-state index >= 15 is 0 Å². The number of imidazole rings is 2. The van der Waals surface area contributed by atoms with E-state index in [1.807, 2.05) is 0 Å². The molecular weight excluding hydrogens is 296 g/mol. The van der Waals surface area contributed by atoms with Gasteiger partial charge in [-0.1, -0.05) is 24.3 Å². The molecule has 24 heavy (non-hydrogen) atoms. The standard InChI is InChI=1S/C20H26N4/c1-17(2)23-11-9-21(15-23)13-19-7-5-6-8-20(19)14-22-10-12-24(16-22)18(3)4/h5-12,17-18H,13-14H2,1-4H3. The average Bonchev–Trinajstić information content (AvgIpc) is 3.18. The van der Waals surface area contributed by atoms with Crippen molar-refractivity contribution in [3.63, 3.8) is 0 Å². The van der Waals surface area contributed by atoms with Crippen LogP contribution in [0.15, 0.2) is 49.1 Å². The van der Waals surface area contributed by atoms with Crippen molar-refractivity contribution in [1.29, 1.82) is 0 Å². The van der Waals surface area contributed by atoms with Crippen molar-refractivity contribution < 1.29 is 9.13 Å². The second-order valence-corrected chi connectivity index (χ2v) is 6.82. The van der Waals surface area contributed by atoms with Crippen molar-refractivity contribution in [1.82, 2.24) is 9.13 Å². The second kappa shape index (κ2) is 7.04. The van der Waals surface area contributed by atoms with Crippen LogP contribution >= 0.6 is 0 Å². The molecule has 0 saturated heterocycles. The second-order valence-electron chi connectivity index (χ2n) is 6.82. The Morgan fingerprint density at radius 3 is 1.54 bits per heavy atom. The monoisotopic (exact) mass is 322 g/mol. The fourth-order valence-corrected chi connectivity index (χ4v) is 2.72. The molecule has 0 atom stereocenters. The first-order chi connectivity index (χ1) is 11.5. The lowest BCUT2D eigenvalue weighted by Gasteiger charge is -2.10. The highest BCUT2D eigenvalue weighted by Crippen LogP contribution is 2.12. The minimum Gasteiger partial charge on any atom is -0.349 e. The van der Waals surface area contributed by atoms with Crippen molar-refractivity contribution in [3.8, 4) is 0 Å². The minimum atomic E-state index is 0.433. The Labute approximate surface area is 144 Å². The molecule has 126 valence electrons. The van der Waals surface area contributed by atoms with E-state index < -0.39 is 0 Å². The normalized spacial score (nSPS) is 11.6. The van der Waals surface area contributed by atoms with Gasteiger partial charge in [-0.3, -0.25) is 0 Å². The Bertz CT molecular complexity index is 728. The van der Waals surface area contributed by atoms with Crippen LogP contribution in [0.3, 0.4) is 0 Å². The van der Waals surface area contributed by atoms with E-state index in [4.69, 9.17) is 0 Å². The molecule has 0 spiro atoms. The molecule has 2 aromatic heterocycles. The van der Waals surface area contributed by atoms with Gasteiger partial charge in [-0.05, 0) is 63.6 Å². The number of hydrogen-bond acceptors (Lipinski definition) is 0. The molecule has 0 unspecified atom stereocenters. The van der Waals surface area contributed by atoms with Crippen LogP contribution in [0.5, 0.6) is 0 Å². The third kappa shape index (κ3) is 3.75. The van der Waals surface area contributed by atoms with Gasteiger partial charge in [-0.15, -0.1) is 0 Å². The van der Waals surface area contributed by atoms with Gasteiger partial charge in [-0.2, -0.15) is 0 Å². The van der Waals surface area contributed by atoms with E-state index in [0.29, 0.717) is 12.1 Å². The Kier molecular flexibility index (Phi) is 4.84. The van der Waals surface area contributed by atoms with E-state index in [9.17, 15) is 0 Å². The Morgan fingerprint density at radius 1 is 0.792 bits per heavy atom. The molecule has 0 N–H and O–H groups in total. The number of nitrogens with zero attached hydrogens (tertiary/aromatic N) is 4. The van der Waals surface area contributed by atoms with Crippen molar-refractivity contribution in [3.05, 3.63) is 72.8 Å². The molecule has 0 amide bonds. The van der Waals surface area contributed by atoms with Crippen LogP contribution in [0.1, 0.15) is 50.9 Å². The molecule has 4 heteroatoms. The zero-order valence-electron chi connectivity index (χ0n) is 15.0. The summed E-state index contributed by atoms with van der Waals surface area (Å²) in [6.45, 7) is 10.3. The van der Waals surface area contributed by atoms with Crippen LogP contribution in [0.25, 0.3) is 0 Å². The largest absolute Gasteiger partial charge is 0.349 e. The van der Waals surface area contributed by atoms with Gasteiger partial charge in [0, 0.05) is 0 Å². The van der Waals surface area contributed by atoms with Crippen LogP contribution in [0.4, 0.5) is 0 Å². The number of hydrogen-bond donors (Lipinski definition) is 0. The first-order valence-corrected chi connectivity index (χ1v) is 8.59. The summed E-state index contributed by atoms with van der Waals surface area (Å²) in [4.78, 5) is 0. The SMILES string of the molecule is CC(C)[n+]1[c-]n(Cc2ccccc2Cn2[c-][n+](C(C)C)cc2)cc1. The Morgan fingerprint density at radius 2 is 1.21 bits per heavy atom. The molecule has 3 rings (SSSR count). The van der Waals surface area contributed by atoms with Crippen molar-refractivity contribution in [2.75, 3.05) is 0 Å². The van der Waals surface area contributed by atoms with Crippen LogP contribution in [0.2, 0.25) is 0 Å². The smallest absolute Gasteiger partial charge is 0.204 e. The maximum atomic E-state index is 3.39. The predicted octanol–water partition coefficient (Wildman–Crippen LogP) is 2.72. The first-order valence-electron chi connectivity index (χ1n) is 8.59. The lowest BCUT2D eigenvalue weighted by molar-refractivity contribution is -0.719. The Hall–Kier alpha value is -2.36. The molecule has 0 radical (unpaired) electrons.